The minimum absolute atomic E-state index is 0.0421. The van der Waals surface area contributed by atoms with Gasteiger partial charge in [-0.3, -0.25) is 4.79 Å². The van der Waals surface area contributed by atoms with Crippen LogP contribution in [0.5, 0.6) is 0 Å². The van der Waals surface area contributed by atoms with Crippen molar-refractivity contribution in [3.8, 4) is 0 Å². The van der Waals surface area contributed by atoms with Crippen LogP contribution >= 0.6 is 23.2 Å². The van der Waals surface area contributed by atoms with Crippen LogP contribution in [-0.4, -0.2) is 30.8 Å². The third-order valence-electron chi connectivity index (χ3n) is 2.58. The monoisotopic (exact) mass is 273 g/mol. The van der Waals surface area contributed by atoms with Crippen molar-refractivity contribution in [2.75, 3.05) is 20.1 Å². The molecule has 0 heterocycles. The van der Waals surface area contributed by atoms with Crippen LogP contribution in [0.1, 0.15) is 30.1 Å². The fraction of sp³-hybridized carbons (Fsp3) is 0.462. The number of nitrogens with zero attached hydrogens (tertiary/aromatic N) is 1. The van der Waals surface area contributed by atoms with Gasteiger partial charge in [0.2, 0.25) is 0 Å². The van der Waals surface area contributed by atoms with Crippen LogP contribution in [0.3, 0.4) is 0 Å². The summed E-state index contributed by atoms with van der Waals surface area (Å²) in [5, 5.41) is 0.789. The lowest BCUT2D eigenvalue weighted by Gasteiger charge is -2.14. The maximum Gasteiger partial charge on any atom is 0.165 e. The first-order valence-corrected chi connectivity index (χ1v) is 6.47. The minimum Gasteiger partial charge on any atom is -0.306 e. The number of Topliss-reactive ketones (excluding diaryl/α,β-unsaturated/α-hetero) is 1. The number of benzene rings is 1. The topological polar surface area (TPSA) is 20.3 Å². The minimum atomic E-state index is 0.0421. The van der Waals surface area contributed by atoms with Gasteiger partial charge in [-0.2, -0.15) is 0 Å². The average molecular weight is 274 g/mol. The highest BCUT2D eigenvalue weighted by molar-refractivity contribution is 6.43. The van der Waals surface area contributed by atoms with E-state index in [1.165, 1.54) is 0 Å². The summed E-state index contributed by atoms with van der Waals surface area (Å²) in [6, 6.07) is 5.15. The predicted octanol–water partition coefficient (Wildman–Crippen LogP) is 3.91. The fourth-order valence-corrected chi connectivity index (χ4v) is 2.05. The molecule has 1 aromatic carbocycles. The Balaban J connectivity index is 2.61. The second kappa shape index (κ2) is 7.00. The normalized spacial score (nSPS) is 10.9. The van der Waals surface area contributed by atoms with Gasteiger partial charge in [-0.25, -0.2) is 0 Å². The number of halogens is 2. The summed E-state index contributed by atoms with van der Waals surface area (Å²) in [6.45, 7) is 3.86. The lowest BCUT2D eigenvalue weighted by atomic mass is 10.1. The van der Waals surface area contributed by atoms with Gasteiger partial charge in [-0.05, 0) is 32.1 Å². The van der Waals surface area contributed by atoms with Crippen molar-refractivity contribution in [2.45, 2.75) is 19.8 Å². The van der Waals surface area contributed by atoms with E-state index in [2.05, 4.69) is 11.8 Å². The molecule has 0 atom stereocenters. The molecule has 0 aliphatic carbocycles. The molecule has 0 fully saturated rings. The highest BCUT2D eigenvalue weighted by Crippen LogP contribution is 2.26. The van der Waals surface area contributed by atoms with Gasteiger partial charge in [-0.15, -0.1) is 0 Å². The van der Waals surface area contributed by atoms with Crippen molar-refractivity contribution in [1.82, 2.24) is 4.90 Å². The Kier molecular flexibility index (Phi) is 5.96. The average Bonchev–Trinajstić information content (AvgIpc) is 2.30. The molecular formula is C13H17Cl2NO. The standard InChI is InChI=1S/C13H17Cl2NO/c1-3-8-16(2)9-7-12(17)10-5-4-6-11(14)13(10)15/h4-6H,3,7-9H2,1-2H3. The SMILES string of the molecule is CCCN(C)CCC(=O)c1cccc(Cl)c1Cl. The molecule has 0 amide bonds. The zero-order valence-corrected chi connectivity index (χ0v) is 11.7. The van der Waals surface area contributed by atoms with Gasteiger partial charge in [0.05, 0.1) is 10.0 Å². The first-order valence-electron chi connectivity index (χ1n) is 5.72. The molecule has 0 aromatic heterocycles. The Morgan fingerprint density at radius 1 is 1.29 bits per heavy atom. The van der Waals surface area contributed by atoms with E-state index in [0.29, 0.717) is 22.0 Å². The summed E-state index contributed by atoms with van der Waals surface area (Å²) in [6.07, 6.45) is 1.55. The molecule has 1 aromatic rings. The van der Waals surface area contributed by atoms with E-state index in [9.17, 15) is 4.79 Å². The summed E-state index contributed by atoms with van der Waals surface area (Å²) < 4.78 is 0. The summed E-state index contributed by atoms with van der Waals surface area (Å²) >= 11 is 11.9. The summed E-state index contributed by atoms with van der Waals surface area (Å²) in [7, 11) is 2.01. The molecule has 94 valence electrons. The fourth-order valence-electron chi connectivity index (χ4n) is 1.64. The Bertz CT molecular complexity index is 393. The van der Waals surface area contributed by atoms with E-state index in [4.69, 9.17) is 23.2 Å². The Morgan fingerprint density at radius 3 is 2.65 bits per heavy atom. The zero-order valence-electron chi connectivity index (χ0n) is 10.2. The number of carbonyl (C=O) groups is 1. The third kappa shape index (κ3) is 4.30. The maximum atomic E-state index is 12.0. The zero-order chi connectivity index (χ0) is 12.8. The molecule has 17 heavy (non-hydrogen) atoms. The molecule has 0 saturated carbocycles. The van der Waals surface area contributed by atoms with Crippen LogP contribution in [-0.2, 0) is 0 Å². The largest absolute Gasteiger partial charge is 0.306 e. The van der Waals surface area contributed by atoms with Crippen molar-refractivity contribution in [3.63, 3.8) is 0 Å². The number of ketones is 1. The Labute approximate surface area is 113 Å². The number of hydrogen-bond donors (Lipinski definition) is 0. The summed E-state index contributed by atoms with van der Waals surface area (Å²) in [5.74, 6) is 0.0421. The molecule has 0 N–H and O–H groups in total. The van der Waals surface area contributed by atoms with Gasteiger partial charge in [0.1, 0.15) is 0 Å². The van der Waals surface area contributed by atoms with Crippen molar-refractivity contribution in [1.29, 1.82) is 0 Å². The predicted molar refractivity (Wildman–Crippen MR) is 73.2 cm³/mol. The van der Waals surface area contributed by atoms with E-state index in [1.807, 2.05) is 7.05 Å². The highest BCUT2D eigenvalue weighted by Gasteiger charge is 2.12. The number of rotatable bonds is 6. The van der Waals surface area contributed by atoms with Crippen molar-refractivity contribution in [3.05, 3.63) is 33.8 Å². The van der Waals surface area contributed by atoms with E-state index < -0.39 is 0 Å². The molecule has 0 spiro atoms. The highest BCUT2D eigenvalue weighted by atomic mass is 35.5. The molecule has 0 radical (unpaired) electrons. The van der Waals surface area contributed by atoms with Gasteiger partial charge in [0, 0.05) is 18.5 Å². The van der Waals surface area contributed by atoms with E-state index in [0.717, 1.165) is 19.5 Å². The van der Waals surface area contributed by atoms with Crippen molar-refractivity contribution >= 4 is 29.0 Å². The van der Waals surface area contributed by atoms with Gasteiger partial charge >= 0.3 is 0 Å². The molecule has 4 heteroatoms. The second-order valence-corrected chi connectivity index (χ2v) is 4.86. The van der Waals surface area contributed by atoms with Gasteiger partial charge in [0.15, 0.2) is 5.78 Å². The summed E-state index contributed by atoms with van der Waals surface area (Å²) in [5.41, 5.74) is 0.518. The molecule has 0 bridgehead atoms. The summed E-state index contributed by atoms with van der Waals surface area (Å²) in [4.78, 5) is 14.1. The van der Waals surface area contributed by atoms with Gasteiger partial charge in [-0.1, -0.05) is 36.2 Å². The van der Waals surface area contributed by atoms with Crippen LogP contribution in [0.2, 0.25) is 10.0 Å². The molecule has 0 unspecified atom stereocenters. The Hall–Kier alpha value is -0.570. The molecule has 2 nitrogen and oxygen atoms in total. The first kappa shape index (κ1) is 14.5. The van der Waals surface area contributed by atoms with E-state index in [-0.39, 0.29) is 5.78 Å². The molecule has 0 saturated heterocycles. The van der Waals surface area contributed by atoms with Crippen LogP contribution in [0, 0.1) is 0 Å². The molecule has 0 aliphatic rings. The molecule has 0 aliphatic heterocycles. The number of hydrogen-bond acceptors (Lipinski definition) is 2. The Morgan fingerprint density at radius 2 is 2.00 bits per heavy atom. The first-order chi connectivity index (χ1) is 8.06. The van der Waals surface area contributed by atoms with Crippen LogP contribution in [0.25, 0.3) is 0 Å². The van der Waals surface area contributed by atoms with Crippen LogP contribution < -0.4 is 0 Å². The second-order valence-electron chi connectivity index (χ2n) is 4.08. The van der Waals surface area contributed by atoms with Crippen LogP contribution in [0.4, 0.5) is 0 Å². The third-order valence-corrected chi connectivity index (χ3v) is 3.40. The van der Waals surface area contributed by atoms with Gasteiger partial charge < -0.3 is 4.90 Å². The molecular weight excluding hydrogens is 257 g/mol. The smallest absolute Gasteiger partial charge is 0.165 e. The molecule has 1 rings (SSSR count). The lowest BCUT2D eigenvalue weighted by Crippen LogP contribution is -2.22. The van der Waals surface area contributed by atoms with E-state index in [1.54, 1.807) is 18.2 Å². The number of carbonyl (C=O) groups excluding carboxylic acids is 1. The quantitative estimate of drug-likeness (QED) is 0.733. The van der Waals surface area contributed by atoms with Crippen molar-refractivity contribution < 1.29 is 4.79 Å². The van der Waals surface area contributed by atoms with Crippen LogP contribution in [0.15, 0.2) is 18.2 Å². The van der Waals surface area contributed by atoms with Gasteiger partial charge in [0.25, 0.3) is 0 Å². The van der Waals surface area contributed by atoms with Crippen molar-refractivity contribution in [2.24, 2.45) is 0 Å². The maximum absolute atomic E-state index is 12.0. The van der Waals surface area contributed by atoms with E-state index >= 15 is 0 Å². The lowest BCUT2D eigenvalue weighted by molar-refractivity contribution is 0.0969.